The Morgan fingerprint density at radius 3 is 2.56 bits per heavy atom. The lowest BCUT2D eigenvalue weighted by molar-refractivity contribution is -0.127. The van der Waals surface area contributed by atoms with Crippen molar-refractivity contribution in [1.29, 1.82) is 0 Å². The molecule has 1 aromatic carbocycles. The maximum atomic E-state index is 12.4. The van der Waals surface area contributed by atoms with E-state index < -0.39 is 0 Å². The zero-order valence-corrected chi connectivity index (χ0v) is 16.4. The number of benzene rings is 1. The summed E-state index contributed by atoms with van der Waals surface area (Å²) in [6, 6.07) is 11.7. The molecule has 1 N–H and O–H groups in total. The van der Waals surface area contributed by atoms with Gasteiger partial charge in [-0.1, -0.05) is 42.5 Å². The second kappa shape index (κ2) is 9.03. The van der Waals surface area contributed by atoms with E-state index in [2.05, 4.69) is 57.6 Å². The Hall–Kier alpha value is -1.65. The van der Waals surface area contributed by atoms with Gasteiger partial charge in [-0.2, -0.15) is 0 Å². The first-order valence-corrected chi connectivity index (χ1v) is 10.8. The van der Waals surface area contributed by atoms with Crippen LogP contribution in [0.4, 0.5) is 0 Å². The molecule has 3 fully saturated rings. The van der Waals surface area contributed by atoms with E-state index in [1.165, 1.54) is 57.3 Å². The van der Waals surface area contributed by atoms with Crippen LogP contribution in [0.2, 0.25) is 0 Å². The Balaban J connectivity index is 1.20. The molecular formula is C23H33N3O. The van der Waals surface area contributed by atoms with Gasteiger partial charge in [-0.25, -0.2) is 0 Å². The van der Waals surface area contributed by atoms with Gasteiger partial charge in [0, 0.05) is 25.2 Å². The number of nitrogens with zero attached hydrogens (tertiary/aromatic N) is 2. The highest BCUT2D eigenvalue weighted by molar-refractivity contribution is 5.79. The summed E-state index contributed by atoms with van der Waals surface area (Å²) < 4.78 is 0. The topological polar surface area (TPSA) is 35.6 Å². The molecule has 1 atom stereocenters. The summed E-state index contributed by atoms with van der Waals surface area (Å²) in [5, 5.41) is 3.21. The SMILES string of the molecule is O=C(NC1CC1)C1CCCN(C2CCN(C/C=C/c3ccccc3)CC2)C1. The first kappa shape index (κ1) is 18.7. The highest BCUT2D eigenvalue weighted by Crippen LogP contribution is 2.25. The van der Waals surface area contributed by atoms with Gasteiger partial charge in [-0.05, 0) is 63.7 Å². The molecule has 1 aliphatic carbocycles. The zero-order chi connectivity index (χ0) is 18.5. The van der Waals surface area contributed by atoms with Crippen molar-refractivity contribution >= 4 is 12.0 Å². The number of carbonyl (C=O) groups excluding carboxylic acids is 1. The molecule has 27 heavy (non-hydrogen) atoms. The van der Waals surface area contributed by atoms with Gasteiger partial charge in [-0.3, -0.25) is 14.6 Å². The Bertz CT molecular complexity index is 632. The fourth-order valence-corrected chi connectivity index (χ4v) is 4.47. The third-order valence-corrected chi connectivity index (χ3v) is 6.29. The predicted molar refractivity (Wildman–Crippen MR) is 110 cm³/mol. The molecule has 4 rings (SSSR count). The van der Waals surface area contributed by atoms with Crippen molar-refractivity contribution < 1.29 is 4.79 Å². The molecule has 2 heterocycles. The van der Waals surface area contributed by atoms with Crippen molar-refractivity contribution in [3.05, 3.63) is 42.0 Å². The van der Waals surface area contributed by atoms with Gasteiger partial charge in [-0.15, -0.1) is 0 Å². The van der Waals surface area contributed by atoms with Crippen LogP contribution in [-0.4, -0.2) is 60.5 Å². The van der Waals surface area contributed by atoms with Crippen LogP contribution in [0.3, 0.4) is 0 Å². The summed E-state index contributed by atoms with van der Waals surface area (Å²) in [6.07, 6.45) is 11.6. The quantitative estimate of drug-likeness (QED) is 0.839. The monoisotopic (exact) mass is 367 g/mol. The third-order valence-electron chi connectivity index (χ3n) is 6.29. The molecule has 4 nitrogen and oxygen atoms in total. The largest absolute Gasteiger partial charge is 0.353 e. The minimum Gasteiger partial charge on any atom is -0.353 e. The number of hydrogen-bond acceptors (Lipinski definition) is 3. The first-order valence-electron chi connectivity index (χ1n) is 10.8. The van der Waals surface area contributed by atoms with Crippen LogP contribution in [0.5, 0.6) is 0 Å². The average molecular weight is 368 g/mol. The number of rotatable bonds is 6. The molecule has 1 unspecified atom stereocenters. The van der Waals surface area contributed by atoms with Crippen LogP contribution in [0.1, 0.15) is 44.1 Å². The van der Waals surface area contributed by atoms with Crippen LogP contribution in [0.15, 0.2) is 36.4 Å². The second-order valence-electron chi connectivity index (χ2n) is 8.46. The molecule has 4 heteroatoms. The highest BCUT2D eigenvalue weighted by Gasteiger charge is 2.33. The molecule has 0 radical (unpaired) electrons. The maximum absolute atomic E-state index is 12.4. The van der Waals surface area contributed by atoms with Gasteiger partial charge < -0.3 is 5.32 Å². The van der Waals surface area contributed by atoms with Crippen LogP contribution in [0, 0.1) is 5.92 Å². The van der Waals surface area contributed by atoms with E-state index in [1.807, 2.05) is 0 Å². The maximum Gasteiger partial charge on any atom is 0.224 e. The van der Waals surface area contributed by atoms with Gasteiger partial charge in [0.05, 0.1) is 5.92 Å². The van der Waals surface area contributed by atoms with Gasteiger partial charge in [0.15, 0.2) is 0 Å². The number of nitrogens with one attached hydrogen (secondary N) is 1. The van der Waals surface area contributed by atoms with Gasteiger partial charge in [0.2, 0.25) is 5.91 Å². The minimum absolute atomic E-state index is 0.214. The Kier molecular flexibility index (Phi) is 6.25. The van der Waals surface area contributed by atoms with Gasteiger partial charge in [0.25, 0.3) is 0 Å². The van der Waals surface area contributed by atoms with Crippen molar-refractivity contribution in [3.8, 4) is 0 Å². The highest BCUT2D eigenvalue weighted by atomic mass is 16.2. The number of amides is 1. The van der Waals surface area contributed by atoms with E-state index in [-0.39, 0.29) is 5.92 Å². The van der Waals surface area contributed by atoms with E-state index >= 15 is 0 Å². The van der Waals surface area contributed by atoms with Crippen molar-refractivity contribution in [2.75, 3.05) is 32.7 Å². The van der Waals surface area contributed by atoms with Gasteiger partial charge in [0.1, 0.15) is 0 Å². The fourth-order valence-electron chi connectivity index (χ4n) is 4.47. The second-order valence-corrected chi connectivity index (χ2v) is 8.46. The lowest BCUT2D eigenvalue weighted by Gasteiger charge is -2.41. The Morgan fingerprint density at radius 2 is 1.81 bits per heavy atom. The van der Waals surface area contributed by atoms with E-state index in [1.54, 1.807) is 0 Å². The van der Waals surface area contributed by atoms with Crippen LogP contribution in [0.25, 0.3) is 6.08 Å². The molecule has 1 aromatic rings. The molecule has 0 bridgehead atoms. The summed E-state index contributed by atoms with van der Waals surface area (Å²) in [6.45, 7) is 5.51. The number of carbonyl (C=O) groups is 1. The van der Waals surface area contributed by atoms with Crippen LogP contribution in [-0.2, 0) is 4.79 Å². The summed E-state index contributed by atoms with van der Waals surface area (Å²) in [5.74, 6) is 0.525. The number of piperidine rings is 2. The van der Waals surface area contributed by atoms with Gasteiger partial charge >= 0.3 is 0 Å². The van der Waals surface area contributed by atoms with Crippen LogP contribution < -0.4 is 5.32 Å². The minimum atomic E-state index is 0.214. The summed E-state index contributed by atoms with van der Waals surface area (Å²) in [4.78, 5) is 17.6. The third kappa shape index (κ3) is 5.43. The number of likely N-dealkylation sites (tertiary alicyclic amines) is 2. The Morgan fingerprint density at radius 1 is 1.04 bits per heavy atom. The van der Waals surface area contributed by atoms with E-state index in [0.29, 0.717) is 18.0 Å². The lowest BCUT2D eigenvalue weighted by atomic mass is 9.93. The number of hydrogen-bond donors (Lipinski definition) is 1. The van der Waals surface area contributed by atoms with Crippen molar-refractivity contribution in [2.24, 2.45) is 5.92 Å². The average Bonchev–Trinajstić information content (AvgIpc) is 3.53. The predicted octanol–water partition coefficient (Wildman–Crippen LogP) is 3.15. The fraction of sp³-hybridized carbons (Fsp3) is 0.609. The molecule has 3 aliphatic rings. The van der Waals surface area contributed by atoms with Crippen molar-refractivity contribution in [1.82, 2.24) is 15.1 Å². The lowest BCUT2D eigenvalue weighted by Crippen LogP contribution is -2.51. The van der Waals surface area contributed by atoms with E-state index in [9.17, 15) is 4.79 Å². The first-order chi connectivity index (χ1) is 13.3. The molecule has 1 saturated carbocycles. The summed E-state index contributed by atoms with van der Waals surface area (Å²) in [5.41, 5.74) is 1.27. The molecule has 0 aromatic heterocycles. The smallest absolute Gasteiger partial charge is 0.224 e. The molecular weight excluding hydrogens is 334 g/mol. The molecule has 146 valence electrons. The summed E-state index contributed by atoms with van der Waals surface area (Å²) in [7, 11) is 0. The van der Waals surface area contributed by atoms with Crippen molar-refractivity contribution in [2.45, 2.75) is 50.6 Å². The van der Waals surface area contributed by atoms with Crippen molar-refractivity contribution in [3.63, 3.8) is 0 Å². The Labute approximate surface area is 163 Å². The molecule has 2 aliphatic heterocycles. The molecule has 0 spiro atoms. The standard InChI is InChI=1S/C23H33N3O/c27-23(24-21-10-11-21)20-9-5-15-26(18-20)22-12-16-25(17-13-22)14-4-8-19-6-2-1-3-7-19/h1-4,6-8,20-22H,5,9-18H2,(H,24,27)/b8-4+. The van der Waals surface area contributed by atoms with Crippen LogP contribution >= 0.6 is 0 Å². The zero-order valence-electron chi connectivity index (χ0n) is 16.4. The summed E-state index contributed by atoms with van der Waals surface area (Å²) >= 11 is 0. The molecule has 1 amide bonds. The normalized spacial score (nSPS) is 25.7. The van der Waals surface area contributed by atoms with E-state index in [0.717, 1.165) is 19.5 Å². The molecule has 2 saturated heterocycles. The van der Waals surface area contributed by atoms with E-state index in [4.69, 9.17) is 0 Å².